The molecule has 0 radical (unpaired) electrons. The second-order valence-electron chi connectivity index (χ2n) is 5.30. The molecular weight excluding hydrogens is 301 g/mol. The summed E-state index contributed by atoms with van der Waals surface area (Å²) in [6.45, 7) is 5.24. The van der Waals surface area contributed by atoms with Gasteiger partial charge in [0.05, 0.1) is 11.1 Å². The van der Waals surface area contributed by atoms with Crippen molar-refractivity contribution in [2.45, 2.75) is 26.4 Å². The van der Waals surface area contributed by atoms with Gasteiger partial charge in [-0.1, -0.05) is 29.3 Å². The molecule has 20 heavy (non-hydrogen) atoms. The van der Waals surface area contributed by atoms with Crippen molar-refractivity contribution in [3.8, 4) is 0 Å². The zero-order chi connectivity index (χ0) is 15.1. The molecule has 2 rings (SSSR count). The summed E-state index contributed by atoms with van der Waals surface area (Å²) in [4.78, 5) is 23.4. The number of nitrogens with zero attached hydrogens (tertiary/aromatic N) is 1. The lowest BCUT2D eigenvalue weighted by Crippen LogP contribution is -2.27. The van der Waals surface area contributed by atoms with E-state index < -0.39 is 11.7 Å². The number of carbonyl (C=O) groups excluding carboxylic acids is 2. The third kappa shape index (κ3) is 2.67. The molecule has 0 bridgehead atoms. The first-order valence-electron chi connectivity index (χ1n) is 5.92. The fraction of sp³-hybridized carbons (Fsp3) is 0.286. The number of fused-ring (bicyclic) bond motifs is 1. The Balaban J connectivity index is 2.69. The van der Waals surface area contributed by atoms with Crippen molar-refractivity contribution in [1.29, 1.82) is 0 Å². The lowest BCUT2D eigenvalue weighted by molar-refractivity contribution is 0.0545. The van der Waals surface area contributed by atoms with Gasteiger partial charge in [-0.05, 0) is 32.9 Å². The Morgan fingerprint density at radius 2 is 1.95 bits per heavy atom. The molecule has 6 heteroatoms. The van der Waals surface area contributed by atoms with Crippen LogP contribution >= 0.6 is 23.2 Å². The van der Waals surface area contributed by atoms with Crippen molar-refractivity contribution < 1.29 is 14.3 Å². The molecule has 0 unspecified atom stereocenters. The number of halogens is 2. The fourth-order valence-electron chi connectivity index (χ4n) is 1.85. The largest absolute Gasteiger partial charge is 0.443 e. The molecule has 1 aromatic carbocycles. The van der Waals surface area contributed by atoms with E-state index in [0.29, 0.717) is 22.2 Å². The van der Waals surface area contributed by atoms with Gasteiger partial charge in [0.25, 0.3) is 0 Å². The Morgan fingerprint density at radius 1 is 1.30 bits per heavy atom. The molecule has 0 spiro atoms. The van der Waals surface area contributed by atoms with Crippen molar-refractivity contribution in [3.63, 3.8) is 0 Å². The van der Waals surface area contributed by atoms with Crippen LogP contribution in [0.15, 0.2) is 18.2 Å². The van der Waals surface area contributed by atoms with Crippen LogP contribution < -0.4 is 0 Å². The standard InChI is InChI=1S/C14H13Cl2NO3/c1-14(2,3)20-13(19)17-11-6-8(15)4-5-9(11)10(7-18)12(17)16/h4-7H,1-3H3. The Labute approximate surface area is 126 Å². The van der Waals surface area contributed by atoms with Crippen LogP contribution in [0.5, 0.6) is 0 Å². The molecular formula is C14H13Cl2NO3. The monoisotopic (exact) mass is 313 g/mol. The molecule has 4 nitrogen and oxygen atoms in total. The van der Waals surface area contributed by atoms with Crippen molar-refractivity contribution >= 4 is 46.5 Å². The van der Waals surface area contributed by atoms with E-state index in [0.717, 1.165) is 4.57 Å². The molecule has 1 heterocycles. The van der Waals surface area contributed by atoms with Gasteiger partial charge in [0, 0.05) is 10.4 Å². The minimum atomic E-state index is -0.670. The van der Waals surface area contributed by atoms with Gasteiger partial charge in [-0.15, -0.1) is 0 Å². The van der Waals surface area contributed by atoms with E-state index in [1.165, 1.54) is 0 Å². The van der Waals surface area contributed by atoms with Crippen molar-refractivity contribution in [1.82, 2.24) is 4.57 Å². The highest BCUT2D eigenvalue weighted by Crippen LogP contribution is 2.31. The maximum atomic E-state index is 12.2. The van der Waals surface area contributed by atoms with Crippen molar-refractivity contribution in [2.24, 2.45) is 0 Å². The zero-order valence-electron chi connectivity index (χ0n) is 11.2. The van der Waals surface area contributed by atoms with Crippen LogP contribution in [0.25, 0.3) is 10.9 Å². The number of hydrogen-bond acceptors (Lipinski definition) is 3. The number of benzene rings is 1. The number of aromatic nitrogens is 1. The molecule has 0 fully saturated rings. The zero-order valence-corrected chi connectivity index (χ0v) is 12.7. The van der Waals surface area contributed by atoms with Crippen LogP contribution in [0.3, 0.4) is 0 Å². The Morgan fingerprint density at radius 3 is 2.50 bits per heavy atom. The summed E-state index contributed by atoms with van der Waals surface area (Å²) in [5.74, 6) is 0. The molecule has 2 aromatic rings. The van der Waals surface area contributed by atoms with Crippen molar-refractivity contribution in [2.75, 3.05) is 0 Å². The highest BCUT2D eigenvalue weighted by Gasteiger charge is 2.24. The lowest BCUT2D eigenvalue weighted by atomic mass is 10.2. The maximum Gasteiger partial charge on any atom is 0.420 e. The highest BCUT2D eigenvalue weighted by atomic mass is 35.5. The minimum absolute atomic E-state index is 0.0199. The van der Waals surface area contributed by atoms with Gasteiger partial charge in [-0.2, -0.15) is 0 Å². The Kier molecular flexibility index (Phi) is 3.80. The minimum Gasteiger partial charge on any atom is -0.443 e. The molecule has 0 saturated heterocycles. The predicted molar refractivity (Wildman–Crippen MR) is 79.0 cm³/mol. The Bertz CT molecular complexity index is 698. The van der Waals surface area contributed by atoms with Crippen LogP contribution in [0.1, 0.15) is 31.1 Å². The molecule has 0 aliphatic rings. The first-order valence-corrected chi connectivity index (χ1v) is 6.68. The molecule has 0 aliphatic heterocycles. The van der Waals surface area contributed by atoms with Gasteiger partial charge >= 0.3 is 6.09 Å². The third-order valence-corrected chi connectivity index (χ3v) is 3.21. The second kappa shape index (κ2) is 5.11. The van der Waals surface area contributed by atoms with E-state index in [1.807, 2.05) is 0 Å². The first-order chi connectivity index (χ1) is 9.24. The van der Waals surface area contributed by atoms with Crippen LogP contribution in [-0.4, -0.2) is 22.5 Å². The van der Waals surface area contributed by atoms with Crippen LogP contribution in [0.4, 0.5) is 4.79 Å². The van der Waals surface area contributed by atoms with Gasteiger partial charge in [0.2, 0.25) is 0 Å². The number of hydrogen-bond donors (Lipinski definition) is 0. The number of carbonyl (C=O) groups is 2. The van der Waals surface area contributed by atoms with Gasteiger partial charge < -0.3 is 4.74 Å². The third-order valence-electron chi connectivity index (χ3n) is 2.60. The van der Waals surface area contributed by atoms with Crippen LogP contribution in [-0.2, 0) is 4.74 Å². The summed E-state index contributed by atoms with van der Waals surface area (Å²) in [6.07, 6.45) is -0.0396. The van der Waals surface area contributed by atoms with Crippen LogP contribution in [0, 0.1) is 0 Å². The summed E-state index contributed by atoms with van der Waals surface area (Å²) in [5, 5.41) is 1.01. The van der Waals surface area contributed by atoms with Gasteiger partial charge in [0.1, 0.15) is 10.8 Å². The predicted octanol–water partition coefficient (Wildman–Crippen LogP) is 4.54. The number of ether oxygens (including phenoxy) is 1. The van der Waals surface area contributed by atoms with E-state index in [1.54, 1.807) is 39.0 Å². The molecule has 1 aromatic heterocycles. The number of rotatable bonds is 1. The summed E-state index contributed by atoms with van der Waals surface area (Å²) in [7, 11) is 0. The lowest BCUT2D eigenvalue weighted by Gasteiger charge is -2.20. The summed E-state index contributed by atoms with van der Waals surface area (Å²) < 4.78 is 6.44. The average molecular weight is 314 g/mol. The summed E-state index contributed by atoms with van der Waals surface area (Å²) >= 11 is 12.1. The molecule has 0 aliphatic carbocycles. The Hall–Kier alpha value is -1.52. The molecule has 0 saturated carbocycles. The second-order valence-corrected chi connectivity index (χ2v) is 6.09. The van der Waals surface area contributed by atoms with Crippen molar-refractivity contribution in [3.05, 3.63) is 33.9 Å². The van der Waals surface area contributed by atoms with E-state index in [4.69, 9.17) is 27.9 Å². The number of aldehydes is 1. The summed E-state index contributed by atoms with van der Waals surface area (Å²) in [5.41, 5.74) is 0.0137. The fourth-order valence-corrected chi connectivity index (χ4v) is 2.33. The topological polar surface area (TPSA) is 48.3 Å². The van der Waals surface area contributed by atoms with Gasteiger partial charge in [0.15, 0.2) is 6.29 Å². The molecule has 0 N–H and O–H groups in total. The highest BCUT2D eigenvalue weighted by molar-refractivity contribution is 6.36. The average Bonchev–Trinajstić information content (AvgIpc) is 2.57. The molecule has 0 atom stereocenters. The van der Waals surface area contributed by atoms with Gasteiger partial charge in [-0.25, -0.2) is 9.36 Å². The van der Waals surface area contributed by atoms with E-state index in [2.05, 4.69) is 0 Å². The van der Waals surface area contributed by atoms with E-state index in [-0.39, 0.29) is 10.7 Å². The van der Waals surface area contributed by atoms with Gasteiger partial charge in [-0.3, -0.25) is 4.79 Å². The van der Waals surface area contributed by atoms with Crippen LogP contribution in [0.2, 0.25) is 10.2 Å². The first kappa shape index (κ1) is 14.9. The maximum absolute atomic E-state index is 12.2. The SMILES string of the molecule is CC(C)(C)OC(=O)n1c(Cl)c(C=O)c2ccc(Cl)cc21. The molecule has 0 amide bonds. The quantitative estimate of drug-likeness (QED) is 0.726. The normalized spacial score (nSPS) is 11.7. The van der Waals surface area contributed by atoms with E-state index in [9.17, 15) is 9.59 Å². The van der Waals surface area contributed by atoms with E-state index >= 15 is 0 Å². The smallest absolute Gasteiger partial charge is 0.420 e. The molecule has 106 valence electrons. The summed E-state index contributed by atoms with van der Waals surface area (Å²) in [6, 6.07) is 4.85.